The van der Waals surface area contributed by atoms with E-state index in [-0.39, 0.29) is 5.56 Å². The van der Waals surface area contributed by atoms with Crippen molar-refractivity contribution in [3.8, 4) is 0 Å². The summed E-state index contributed by atoms with van der Waals surface area (Å²) in [7, 11) is 0. The van der Waals surface area contributed by atoms with Crippen LogP contribution in [0.25, 0.3) is 0 Å². The number of anilines is 1. The maximum Gasteiger partial charge on any atom is 0.255 e. The molecule has 0 aromatic heterocycles. The summed E-state index contributed by atoms with van der Waals surface area (Å²) in [5.74, 6) is 0.218. The lowest BCUT2D eigenvalue weighted by atomic mass is 10.1. The summed E-state index contributed by atoms with van der Waals surface area (Å²) in [6.45, 7) is 0. The van der Waals surface area contributed by atoms with Gasteiger partial charge in [0.25, 0.3) is 5.91 Å². The van der Waals surface area contributed by atoms with E-state index in [4.69, 9.17) is 0 Å². The van der Waals surface area contributed by atoms with Gasteiger partial charge in [0.05, 0.1) is 4.58 Å². The zero-order valence-electron chi connectivity index (χ0n) is 12.2. The second-order valence-electron chi connectivity index (χ2n) is 5.16. The van der Waals surface area contributed by atoms with Gasteiger partial charge in [-0.2, -0.15) is 0 Å². The van der Waals surface area contributed by atoms with Gasteiger partial charge in [0.1, 0.15) is 11.6 Å². The molecule has 1 aliphatic rings. The SMILES string of the molecule is O=C(Nc1cccc(C2SCCCS2)c1)c1cc(F)cc(F)c1. The Balaban J connectivity index is 1.75. The van der Waals surface area contributed by atoms with Crippen molar-refractivity contribution in [2.75, 3.05) is 16.8 Å². The molecule has 23 heavy (non-hydrogen) atoms. The largest absolute Gasteiger partial charge is 0.322 e. The molecule has 0 atom stereocenters. The van der Waals surface area contributed by atoms with Crippen molar-refractivity contribution in [3.05, 3.63) is 65.2 Å². The highest BCUT2D eigenvalue weighted by atomic mass is 32.2. The smallest absolute Gasteiger partial charge is 0.255 e. The zero-order chi connectivity index (χ0) is 16.2. The number of carbonyl (C=O) groups is 1. The van der Waals surface area contributed by atoms with E-state index < -0.39 is 17.5 Å². The van der Waals surface area contributed by atoms with E-state index in [0.29, 0.717) is 10.3 Å². The van der Waals surface area contributed by atoms with Crippen LogP contribution >= 0.6 is 23.5 Å². The molecule has 1 heterocycles. The number of hydrogen-bond donors (Lipinski definition) is 1. The van der Waals surface area contributed by atoms with Crippen molar-refractivity contribution < 1.29 is 13.6 Å². The lowest BCUT2D eigenvalue weighted by Crippen LogP contribution is -2.13. The molecule has 0 spiro atoms. The molecule has 0 unspecified atom stereocenters. The monoisotopic (exact) mass is 351 g/mol. The Morgan fingerprint density at radius 3 is 2.43 bits per heavy atom. The molecule has 2 aromatic carbocycles. The molecule has 1 aliphatic heterocycles. The maximum atomic E-state index is 13.2. The van der Waals surface area contributed by atoms with E-state index in [0.717, 1.165) is 35.3 Å². The Kier molecular flexibility index (Phi) is 5.23. The number of nitrogens with one attached hydrogen (secondary N) is 1. The quantitative estimate of drug-likeness (QED) is 0.835. The third kappa shape index (κ3) is 4.26. The van der Waals surface area contributed by atoms with Crippen molar-refractivity contribution in [2.24, 2.45) is 0 Å². The van der Waals surface area contributed by atoms with Crippen LogP contribution in [0.5, 0.6) is 0 Å². The molecule has 1 N–H and O–H groups in total. The lowest BCUT2D eigenvalue weighted by molar-refractivity contribution is 0.102. The van der Waals surface area contributed by atoms with E-state index in [1.807, 2.05) is 41.7 Å². The van der Waals surface area contributed by atoms with Gasteiger partial charge in [0.2, 0.25) is 0 Å². The van der Waals surface area contributed by atoms with E-state index in [1.54, 1.807) is 6.07 Å². The van der Waals surface area contributed by atoms with Gasteiger partial charge in [-0.25, -0.2) is 8.78 Å². The predicted molar refractivity (Wildman–Crippen MR) is 93.0 cm³/mol. The molecule has 2 aromatic rings. The topological polar surface area (TPSA) is 29.1 Å². The summed E-state index contributed by atoms with van der Waals surface area (Å²) < 4.78 is 26.8. The molecule has 0 radical (unpaired) electrons. The summed E-state index contributed by atoms with van der Waals surface area (Å²) in [6.07, 6.45) is 1.22. The van der Waals surface area contributed by atoms with Crippen LogP contribution in [-0.2, 0) is 0 Å². The minimum absolute atomic E-state index is 0.0330. The Labute approximate surface area is 142 Å². The standard InChI is InChI=1S/C17H15F2NOS2/c18-13-7-12(8-14(19)10-13)16(21)20-15-4-1-3-11(9-15)17-22-5-2-6-23-17/h1,3-4,7-10,17H,2,5-6H2,(H,20,21). The van der Waals surface area contributed by atoms with Crippen molar-refractivity contribution in [1.82, 2.24) is 0 Å². The number of benzene rings is 2. The number of thioether (sulfide) groups is 2. The number of rotatable bonds is 3. The summed E-state index contributed by atoms with van der Waals surface area (Å²) >= 11 is 3.79. The van der Waals surface area contributed by atoms with Crippen molar-refractivity contribution in [1.29, 1.82) is 0 Å². The van der Waals surface area contributed by atoms with Crippen LogP contribution in [0.2, 0.25) is 0 Å². The molecule has 0 bridgehead atoms. The van der Waals surface area contributed by atoms with Gasteiger partial charge >= 0.3 is 0 Å². The first-order valence-electron chi connectivity index (χ1n) is 7.22. The molecule has 3 rings (SSSR count). The molecule has 2 nitrogen and oxygen atoms in total. The summed E-state index contributed by atoms with van der Waals surface area (Å²) in [4.78, 5) is 12.2. The molecule has 120 valence electrons. The van der Waals surface area contributed by atoms with Crippen LogP contribution in [0.4, 0.5) is 14.5 Å². The van der Waals surface area contributed by atoms with Crippen molar-refractivity contribution in [3.63, 3.8) is 0 Å². The van der Waals surface area contributed by atoms with Crippen LogP contribution < -0.4 is 5.32 Å². The third-order valence-electron chi connectivity index (χ3n) is 3.37. The molecule has 1 amide bonds. The van der Waals surface area contributed by atoms with E-state index in [1.165, 1.54) is 6.42 Å². The van der Waals surface area contributed by atoms with Gasteiger partial charge in [-0.05, 0) is 47.8 Å². The average Bonchev–Trinajstić information content (AvgIpc) is 2.55. The first-order chi connectivity index (χ1) is 11.1. The van der Waals surface area contributed by atoms with Gasteiger partial charge in [0.15, 0.2) is 0 Å². The van der Waals surface area contributed by atoms with Crippen LogP contribution in [0.15, 0.2) is 42.5 Å². The van der Waals surface area contributed by atoms with Gasteiger partial charge in [0, 0.05) is 17.3 Å². The molecular formula is C17H15F2NOS2. The lowest BCUT2D eigenvalue weighted by Gasteiger charge is -2.21. The third-order valence-corrected chi connectivity index (χ3v) is 6.38. The minimum atomic E-state index is -0.765. The van der Waals surface area contributed by atoms with Crippen LogP contribution in [0.1, 0.15) is 26.9 Å². The van der Waals surface area contributed by atoms with Gasteiger partial charge in [-0.15, -0.1) is 23.5 Å². The minimum Gasteiger partial charge on any atom is -0.322 e. The zero-order valence-corrected chi connectivity index (χ0v) is 13.9. The van der Waals surface area contributed by atoms with Gasteiger partial charge in [-0.3, -0.25) is 4.79 Å². The highest BCUT2D eigenvalue weighted by Crippen LogP contribution is 2.44. The summed E-state index contributed by atoms with van der Waals surface area (Å²) in [5, 5.41) is 2.70. The number of halogens is 2. The van der Waals surface area contributed by atoms with Crippen LogP contribution in [-0.4, -0.2) is 17.4 Å². The number of carbonyl (C=O) groups excluding carboxylic acids is 1. The fourth-order valence-electron chi connectivity index (χ4n) is 2.33. The Morgan fingerprint density at radius 2 is 1.74 bits per heavy atom. The fourth-order valence-corrected chi connectivity index (χ4v) is 5.20. The van der Waals surface area contributed by atoms with E-state index in [9.17, 15) is 13.6 Å². The number of amides is 1. The highest BCUT2D eigenvalue weighted by molar-refractivity contribution is 8.16. The van der Waals surface area contributed by atoms with Gasteiger partial charge in [-0.1, -0.05) is 12.1 Å². The van der Waals surface area contributed by atoms with Crippen LogP contribution in [0.3, 0.4) is 0 Å². The van der Waals surface area contributed by atoms with Gasteiger partial charge < -0.3 is 5.32 Å². The van der Waals surface area contributed by atoms with Crippen molar-refractivity contribution in [2.45, 2.75) is 11.0 Å². The summed E-state index contributed by atoms with van der Waals surface area (Å²) in [6, 6.07) is 10.4. The average molecular weight is 351 g/mol. The Bertz CT molecular complexity index is 697. The second-order valence-corrected chi connectivity index (χ2v) is 7.89. The molecule has 1 fully saturated rings. The molecule has 6 heteroatoms. The fraction of sp³-hybridized carbons (Fsp3) is 0.235. The molecule has 0 aliphatic carbocycles. The van der Waals surface area contributed by atoms with Crippen LogP contribution in [0, 0.1) is 11.6 Å². The number of hydrogen-bond acceptors (Lipinski definition) is 3. The Hall–Kier alpha value is -1.53. The summed E-state index contributed by atoms with van der Waals surface area (Å²) in [5.41, 5.74) is 1.74. The first kappa shape index (κ1) is 16.3. The first-order valence-corrected chi connectivity index (χ1v) is 9.32. The highest BCUT2D eigenvalue weighted by Gasteiger charge is 2.17. The normalized spacial score (nSPS) is 15.4. The van der Waals surface area contributed by atoms with Crippen molar-refractivity contribution >= 4 is 35.1 Å². The molecular weight excluding hydrogens is 336 g/mol. The molecule has 0 saturated carbocycles. The van der Waals surface area contributed by atoms with E-state index in [2.05, 4.69) is 5.32 Å². The second kappa shape index (κ2) is 7.36. The van der Waals surface area contributed by atoms with E-state index >= 15 is 0 Å². The predicted octanol–water partition coefficient (Wildman–Crippen LogP) is 5.09. The molecule has 1 saturated heterocycles. The Morgan fingerprint density at radius 1 is 1.04 bits per heavy atom. The maximum absolute atomic E-state index is 13.2.